The fraction of sp³-hybridized carbons (Fsp3) is 0.167. The van der Waals surface area contributed by atoms with E-state index in [0.29, 0.717) is 0 Å². The molecule has 8 heavy (non-hydrogen) atoms. The van der Waals surface area contributed by atoms with Crippen LogP contribution in [0.5, 0.6) is 0 Å². The van der Waals surface area contributed by atoms with Crippen molar-refractivity contribution in [2.24, 2.45) is 0 Å². The summed E-state index contributed by atoms with van der Waals surface area (Å²) in [6.45, 7) is 5.57. The summed E-state index contributed by atoms with van der Waals surface area (Å²) in [5, 5.41) is 3.81. The standard InChI is InChI=1S/C6H7N2/c1-6(2)8-5-3-4-7-8/h3,5H,1H2,2H3. The average Bonchev–Trinajstić information content (AvgIpc) is 2.12. The molecule has 0 aliphatic heterocycles. The van der Waals surface area contributed by atoms with Gasteiger partial charge in [-0.2, -0.15) is 5.10 Å². The van der Waals surface area contributed by atoms with Gasteiger partial charge in [-0.25, -0.2) is 4.68 Å². The lowest BCUT2D eigenvalue weighted by Gasteiger charge is -1.93. The molecule has 0 aliphatic carbocycles. The Morgan fingerprint density at radius 2 is 2.62 bits per heavy atom. The predicted octanol–water partition coefficient (Wildman–Crippen LogP) is 1.17. The van der Waals surface area contributed by atoms with Gasteiger partial charge in [-0.05, 0) is 13.0 Å². The summed E-state index contributed by atoms with van der Waals surface area (Å²) in [6, 6.07) is 1.74. The van der Waals surface area contributed by atoms with Crippen LogP contribution in [0.2, 0.25) is 0 Å². The number of nitrogens with zero attached hydrogens (tertiary/aromatic N) is 2. The van der Waals surface area contributed by atoms with Crippen LogP contribution in [0.3, 0.4) is 0 Å². The minimum atomic E-state index is 0.909. The summed E-state index contributed by atoms with van der Waals surface area (Å²) >= 11 is 0. The molecule has 1 aromatic rings. The molecule has 2 nitrogen and oxygen atoms in total. The number of aromatic nitrogens is 2. The van der Waals surface area contributed by atoms with Crippen LogP contribution in [0.25, 0.3) is 5.70 Å². The molecule has 1 aromatic heterocycles. The van der Waals surface area contributed by atoms with Crippen LogP contribution in [0.4, 0.5) is 0 Å². The third-order valence-electron chi connectivity index (χ3n) is 0.847. The zero-order valence-electron chi connectivity index (χ0n) is 4.76. The first-order chi connectivity index (χ1) is 3.80. The van der Waals surface area contributed by atoms with E-state index in [9.17, 15) is 0 Å². The van der Waals surface area contributed by atoms with Crippen molar-refractivity contribution in [2.75, 3.05) is 0 Å². The SMILES string of the molecule is C=C(C)n1cc[c]n1. The monoisotopic (exact) mass is 107 g/mol. The van der Waals surface area contributed by atoms with E-state index in [0.717, 1.165) is 5.70 Å². The number of hydrogen-bond donors (Lipinski definition) is 0. The molecular formula is C6H7N2. The molecule has 0 fully saturated rings. The molecule has 0 bridgehead atoms. The van der Waals surface area contributed by atoms with Gasteiger partial charge in [0.1, 0.15) is 6.20 Å². The Morgan fingerprint density at radius 3 is 2.88 bits per heavy atom. The number of allylic oxidation sites excluding steroid dienone is 1. The Kier molecular flexibility index (Phi) is 1.16. The van der Waals surface area contributed by atoms with Gasteiger partial charge in [0.2, 0.25) is 0 Å². The minimum absolute atomic E-state index is 0.909. The Morgan fingerprint density at radius 1 is 1.88 bits per heavy atom. The van der Waals surface area contributed by atoms with Gasteiger partial charge in [0.05, 0.1) is 0 Å². The molecule has 0 aliphatic rings. The Bertz CT molecular complexity index is 174. The molecule has 0 saturated carbocycles. The van der Waals surface area contributed by atoms with Crippen molar-refractivity contribution in [3.63, 3.8) is 0 Å². The molecule has 1 rings (SSSR count). The van der Waals surface area contributed by atoms with Crippen LogP contribution < -0.4 is 0 Å². The molecule has 0 atom stereocenters. The zero-order valence-corrected chi connectivity index (χ0v) is 4.76. The van der Waals surface area contributed by atoms with Crippen LogP contribution in [-0.2, 0) is 0 Å². The first-order valence-electron chi connectivity index (χ1n) is 2.38. The van der Waals surface area contributed by atoms with Crippen LogP contribution in [0.15, 0.2) is 18.8 Å². The van der Waals surface area contributed by atoms with Crippen LogP contribution in [-0.4, -0.2) is 9.78 Å². The van der Waals surface area contributed by atoms with Crippen molar-refractivity contribution >= 4 is 5.70 Å². The average molecular weight is 107 g/mol. The van der Waals surface area contributed by atoms with Gasteiger partial charge in [0, 0.05) is 11.9 Å². The minimum Gasteiger partial charge on any atom is -0.245 e. The van der Waals surface area contributed by atoms with E-state index in [1.165, 1.54) is 0 Å². The van der Waals surface area contributed by atoms with Gasteiger partial charge in [-0.15, -0.1) is 0 Å². The van der Waals surface area contributed by atoms with Crippen molar-refractivity contribution in [1.82, 2.24) is 9.78 Å². The second kappa shape index (κ2) is 1.82. The van der Waals surface area contributed by atoms with E-state index in [2.05, 4.69) is 17.9 Å². The molecule has 41 valence electrons. The lowest BCUT2D eigenvalue weighted by molar-refractivity contribution is 0.895. The van der Waals surface area contributed by atoms with E-state index >= 15 is 0 Å². The summed E-state index contributed by atoms with van der Waals surface area (Å²) in [5.74, 6) is 0. The Labute approximate surface area is 48.4 Å². The van der Waals surface area contributed by atoms with Gasteiger partial charge in [0.15, 0.2) is 0 Å². The van der Waals surface area contributed by atoms with Crippen molar-refractivity contribution in [1.29, 1.82) is 0 Å². The normalized spacial score (nSPS) is 9.12. The van der Waals surface area contributed by atoms with Crippen molar-refractivity contribution in [3.8, 4) is 0 Å². The van der Waals surface area contributed by atoms with Crippen molar-refractivity contribution in [3.05, 3.63) is 25.0 Å². The highest BCUT2D eigenvalue weighted by Crippen LogP contribution is 1.93. The van der Waals surface area contributed by atoms with Gasteiger partial charge in [-0.3, -0.25) is 0 Å². The highest BCUT2D eigenvalue weighted by molar-refractivity contribution is 5.34. The van der Waals surface area contributed by atoms with E-state index in [4.69, 9.17) is 0 Å². The molecular weight excluding hydrogens is 100 g/mol. The lowest BCUT2D eigenvalue weighted by Crippen LogP contribution is -1.90. The summed E-state index contributed by atoms with van der Waals surface area (Å²) in [7, 11) is 0. The molecule has 0 aromatic carbocycles. The van der Waals surface area contributed by atoms with Gasteiger partial charge in [-0.1, -0.05) is 6.58 Å². The maximum absolute atomic E-state index is 3.81. The molecule has 0 spiro atoms. The molecule has 1 radical (unpaired) electrons. The zero-order chi connectivity index (χ0) is 5.98. The predicted molar refractivity (Wildman–Crippen MR) is 32.1 cm³/mol. The third kappa shape index (κ3) is 0.780. The van der Waals surface area contributed by atoms with Gasteiger partial charge < -0.3 is 0 Å². The van der Waals surface area contributed by atoms with Crippen LogP contribution in [0.1, 0.15) is 6.92 Å². The maximum atomic E-state index is 3.81. The molecule has 0 saturated heterocycles. The number of rotatable bonds is 1. The second-order valence-electron chi connectivity index (χ2n) is 1.62. The Balaban J connectivity index is 2.93. The van der Waals surface area contributed by atoms with E-state index < -0.39 is 0 Å². The van der Waals surface area contributed by atoms with E-state index in [1.807, 2.05) is 13.1 Å². The van der Waals surface area contributed by atoms with Crippen molar-refractivity contribution < 1.29 is 0 Å². The molecule has 0 unspecified atom stereocenters. The van der Waals surface area contributed by atoms with Gasteiger partial charge in [0.25, 0.3) is 0 Å². The Hall–Kier alpha value is -1.05. The molecule has 2 heteroatoms. The molecule has 1 heterocycles. The smallest absolute Gasteiger partial charge is 0.113 e. The summed E-state index contributed by atoms with van der Waals surface area (Å²) in [4.78, 5) is 0. The topological polar surface area (TPSA) is 17.8 Å². The molecule has 0 N–H and O–H groups in total. The first-order valence-corrected chi connectivity index (χ1v) is 2.38. The van der Waals surface area contributed by atoms with Crippen LogP contribution >= 0.6 is 0 Å². The van der Waals surface area contributed by atoms with Crippen LogP contribution in [0, 0.1) is 6.20 Å². The van der Waals surface area contributed by atoms with Crippen molar-refractivity contribution in [2.45, 2.75) is 6.92 Å². The first kappa shape index (κ1) is 5.09. The highest BCUT2D eigenvalue weighted by atomic mass is 15.3. The summed E-state index contributed by atoms with van der Waals surface area (Å²) in [6.07, 6.45) is 4.47. The lowest BCUT2D eigenvalue weighted by atomic mass is 10.6. The highest BCUT2D eigenvalue weighted by Gasteiger charge is 1.84. The largest absolute Gasteiger partial charge is 0.245 e. The fourth-order valence-electron chi connectivity index (χ4n) is 0.445. The fourth-order valence-corrected chi connectivity index (χ4v) is 0.445. The van der Waals surface area contributed by atoms with Gasteiger partial charge >= 0.3 is 0 Å². The van der Waals surface area contributed by atoms with E-state index in [-0.39, 0.29) is 0 Å². The second-order valence-corrected chi connectivity index (χ2v) is 1.62. The maximum Gasteiger partial charge on any atom is 0.113 e. The quantitative estimate of drug-likeness (QED) is 0.526. The summed E-state index contributed by atoms with van der Waals surface area (Å²) < 4.78 is 1.67. The number of hydrogen-bond acceptors (Lipinski definition) is 1. The summed E-state index contributed by atoms with van der Waals surface area (Å²) in [5.41, 5.74) is 0.909. The van der Waals surface area contributed by atoms with E-state index in [1.54, 1.807) is 10.7 Å². The third-order valence-corrected chi connectivity index (χ3v) is 0.847. The molecule has 0 amide bonds.